The van der Waals surface area contributed by atoms with Crippen molar-refractivity contribution in [3.8, 4) is 0 Å². The van der Waals surface area contributed by atoms with Gasteiger partial charge in [0.25, 0.3) is 0 Å². The number of fused-ring (bicyclic) bond motifs is 5. The highest BCUT2D eigenvalue weighted by Crippen LogP contribution is 2.67. The average Bonchev–Trinajstić information content (AvgIpc) is 3.10. The third kappa shape index (κ3) is 4.01. The third-order valence-corrected chi connectivity index (χ3v) is 11.0. The van der Waals surface area contributed by atoms with Crippen LogP contribution in [-0.2, 0) is 9.53 Å². The molecule has 4 aliphatic rings. The number of carbonyl (C=O) groups is 1. The first-order valence-electron chi connectivity index (χ1n) is 13.8. The van der Waals surface area contributed by atoms with E-state index in [-0.39, 0.29) is 23.2 Å². The van der Waals surface area contributed by atoms with Crippen LogP contribution in [0.4, 0.5) is 0 Å². The Morgan fingerprint density at radius 1 is 1.06 bits per heavy atom. The molecule has 4 rings (SSSR count). The van der Waals surface area contributed by atoms with Gasteiger partial charge in [0.1, 0.15) is 11.7 Å². The van der Waals surface area contributed by atoms with E-state index in [2.05, 4.69) is 59.8 Å². The van der Waals surface area contributed by atoms with Gasteiger partial charge in [-0.05, 0) is 85.5 Å². The zero-order valence-corrected chi connectivity index (χ0v) is 22.5. The van der Waals surface area contributed by atoms with Crippen LogP contribution >= 0.6 is 0 Å². The highest BCUT2D eigenvalue weighted by atomic mass is 16.6. The summed E-state index contributed by atoms with van der Waals surface area (Å²) in [6, 6.07) is 0. The predicted molar refractivity (Wildman–Crippen MR) is 136 cm³/mol. The number of carbonyl (C=O) groups excluding carboxylic acids is 1. The average molecular weight is 473 g/mol. The Kier molecular flexibility index (Phi) is 6.92. The zero-order chi connectivity index (χ0) is 25.1. The van der Waals surface area contributed by atoms with Crippen molar-refractivity contribution in [2.24, 2.45) is 46.3 Å². The van der Waals surface area contributed by atoms with Gasteiger partial charge in [0.2, 0.25) is 0 Å². The molecule has 2 N–H and O–H groups in total. The number of aliphatic hydroxyl groups excluding tert-OH is 1. The van der Waals surface area contributed by atoms with Gasteiger partial charge < -0.3 is 14.9 Å². The van der Waals surface area contributed by atoms with Gasteiger partial charge in [0.15, 0.2) is 0 Å². The molecule has 1 unspecified atom stereocenters. The molecule has 10 atom stereocenters. The number of ether oxygens (including phenoxy) is 1. The number of hydrogen-bond donors (Lipinski definition) is 2. The molecule has 0 saturated heterocycles. The largest absolute Gasteiger partial charge is 0.455 e. The van der Waals surface area contributed by atoms with Crippen molar-refractivity contribution < 1.29 is 19.7 Å². The van der Waals surface area contributed by atoms with Crippen LogP contribution in [0.25, 0.3) is 0 Å². The minimum absolute atomic E-state index is 0.230. The molecule has 4 heteroatoms. The Labute approximate surface area is 207 Å². The maximum Gasteiger partial charge on any atom is 0.303 e. The Morgan fingerprint density at radius 3 is 2.41 bits per heavy atom. The molecule has 4 aliphatic carbocycles. The van der Waals surface area contributed by atoms with Crippen molar-refractivity contribution in [2.75, 3.05) is 0 Å². The molecule has 192 valence electrons. The first-order chi connectivity index (χ1) is 15.8. The summed E-state index contributed by atoms with van der Waals surface area (Å²) in [6.07, 6.45) is 12.2. The maximum absolute atomic E-state index is 12.0. The van der Waals surface area contributed by atoms with Gasteiger partial charge in [-0.15, -0.1) is 0 Å². The molecule has 0 aromatic carbocycles. The summed E-state index contributed by atoms with van der Waals surface area (Å²) in [5.74, 6) is 2.83. The van der Waals surface area contributed by atoms with Crippen LogP contribution in [0, 0.1) is 46.3 Å². The normalized spacial score (nSPS) is 45.8. The van der Waals surface area contributed by atoms with E-state index < -0.39 is 17.8 Å². The molecule has 0 aliphatic heterocycles. The molecular formula is C30H48O4. The van der Waals surface area contributed by atoms with E-state index >= 15 is 0 Å². The molecule has 0 aromatic rings. The summed E-state index contributed by atoms with van der Waals surface area (Å²) >= 11 is 0. The van der Waals surface area contributed by atoms with Crippen molar-refractivity contribution >= 4 is 5.97 Å². The number of allylic oxidation sites excluding steroid dienone is 3. The molecule has 0 bridgehead atoms. The fourth-order valence-electron chi connectivity index (χ4n) is 8.44. The maximum atomic E-state index is 12.0. The van der Waals surface area contributed by atoms with Gasteiger partial charge in [-0.25, -0.2) is 0 Å². The lowest BCUT2D eigenvalue weighted by atomic mass is 9.45. The summed E-state index contributed by atoms with van der Waals surface area (Å²) in [6.45, 7) is 15.4. The molecule has 0 amide bonds. The quantitative estimate of drug-likeness (QED) is 0.377. The Balaban J connectivity index is 1.67. The van der Waals surface area contributed by atoms with E-state index in [1.807, 2.05) is 0 Å². The van der Waals surface area contributed by atoms with Crippen molar-refractivity contribution in [2.45, 2.75) is 111 Å². The second kappa shape index (κ2) is 9.07. The van der Waals surface area contributed by atoms with Gasteiger partial charge in [-0.1, -0.05) is 59.3 Å². The third-order valence-electron chi connectivity index (χ3n) is 11.0. The lowest BCUT2D eigenvalue weighted by Crippen LogP contribution is -2.66. The minimum Gasteiger partial charge on any atom is -0.455 e. The van der Waals surface area contributed by atoms with Crippen LogP contribution in [0.2, 0.25) is 0 Å². The number of aliphatic hydroxyl groups is 2. The van der Waals surface area contributed by atoms with Crippen LogP contribution < -0.4 is 0 Å². The number of esters is 1. The lowest BCUT2D eigenvalue weighted by molar-refractivity contribution is -0.221. The summed E-state index contributed by atoms with van der Waals surface area (Å²) < 4.78 is 5.78. The number of rotatable bonds is 5. The zero-order valence-electron chi connectivity index (χ0n) is 22.5. The minimum atomic E-state index is -1.21. The Bertz CT molecular complexity index is 845. The van der Waals surface area contributed by atoms with Crippen molar-refractivity contribution in [1.29, 1.82) is 0 Å². The summed E-state index contributed by atoms with van der Waals surface area (Å²) in [5.41, 5.74) is 0.0686. The van der Waals surface area contributed by atoms with Crippen LogP contribution in [-0.4, -0.2) is 34.0 Å². The Hall–Kier alpha value is -1.13. The summed E-state index contributed by atoms with van der Waals surface area (Å²) in [4.78, 5) is 12.0. The number of hydrogen-bond acceptors (Lipinski definition) is 4. The summed E-state index contributed by atoms with van der Waals surface area (Å²) in [7, 11) is 0. The first-order valence-corrected chi connectivity index (χ1v) is 13.8. The van der Waals surface area contributed by atoms with Crippen molar-refractivity contribution in [3.63, 3.8) is 0 Å². The van der Waals surface area contributed by atoms with E-state index in [0.717, 1.165) is 12.8 Å². The second-order valence-electron chi connectivity index (χ2n) is 13.1. The van der Waals surface area contributed by atoms with Gasteiger partial charge in [-0.3, -0.25) is 4.79 Å². The molecular weight excluding hydrogens is 424 g/mol. The fourth-order valence-corrected chi connectivity index (χ4v) is 8.44. The van der Waals surface area contributed by atoms with E-state index in [1.54, 1.807) is 0 Å². The van der Waals surface area contributed by atoms with E-state index in [0.29, 0.717) is 41.9 Å². The molecule has 0 aromatic heterocycles. The molecule has 0 radical (unpaired) electrons. The smallest absolute Gasteiger partial charge is 0.303 e. The second-order valence-corrected chi connectivity index (χ2v) is 13.1. The van der Waals surface area contributed by atoms with Crippen LogP contribution in [0.3, 0.4) is 0 Å². The highest BCUT2D eigenvalue weighted by Gasteiger charge is 2.65. The molecule has 34 heavy (non-hydrogen) atoms. The monoisotopic (exact) mass is 472 g/mol. The SMILES string of the molecule is CC(=O)O[C@@H]1C=C2C3CC[C@H]([C@H](C)/C=C/[C@H](C)C(C)C)[C@@]3(C)CC[C@@H]2[C@]2(C)CC[C@H](O)C[C@]12O. The standard InChI is InChI=1S/C30H48O4/c1-18(2)19(3)8-9-20(4)24-10-11-25-23-16-27(34-21(5)31)30(33)17-22(32)12-15-29(30,7)26(23)13-14-28(24,25)6/h8-9,16,18-20,22,24-27,32-33H,10-15,17H2,1-7H3/b9-8+/t19-,20+,22-,24+,25?,26-,27+,28+,29-,30-/m0/s1. The summed E-state index contributed by atoms with van der Waals surface area (Å²) in [5, 5.41) is 22.4. The van der Waals surface area contributed by atoms with E-state index in [4.69, 9.17) is 4.74 Å². The Morgan fingerprint density at radius 2 is 1.76 bits per heavy atom. The van der Waals surface area contributed by atoms with Gasteiger partial charge in [0, 0.05) is 18.8 Å². The van der Waals surface area contributed by atoms with Gasteiger partial charge >= 0.3 is 5.97 Å². The topological polar surface area (TPSA) is 66.8 Å². The van der Waals surface area contributed by atoms with E-state index in [1.165, 1.54) is 31.8 Å². The van der Waals surface area contributed by atoms with E-state index in [9.17, 15) is 15.0 Å². The van der Waals surface area contributed by atoms with Crippen molar-refractivity contribution in [1.82, 2.24) is 0 Å². The van der Waals surface area contributed by atoms with Gasteiger partial charge in [0.05, 0.1) is 6.10 Å². The van der Waals surface area contributed by atoms with Gasteiger partial charge in [-0.2, -0.15) is 0 Å². The molecule has 0 spiro atoms. The van der Waals surface area contributed by atoms with Crippen LogP contribution in [0.1, 0.15) is 93.4 Å². The predicted octanol–water partition coefficient (Wildman–Crippen LogP) is 6.07. The highest BCUT2D eigenvalue weighted by molar-refractivity contribution is 5.66. The van der Waals surface area contributed by atoms with Crippen LogP contribution in [0.15, 0.2) is 23.8 Å². The fraction of sp³-hybridized carbons (Fsp3) is 0.833. The molecule has 4 nitrogen and oxygen atoms in total. The van der Waals surface area contributed by atoms with Crippen LogP contribution in [0.5, 0.6) is 0 Å². The molecule has 3 fully saturated rings. The lowest BCUT2D eigenvalue weighted by Gasteiger charge is -2.62. The molecule has 3 saturated carbocycles. The van der Waals surface area contributed by atoms with Crippen molar-refractivity contribution in [3.05, 3.63) is 23.8 Å². The molecule has 0 heterocycles. The first kappa shape index (κ1) is 25.9.